The third-order valence-corrected chi connectivity index (χ3v) is 7.56. The minimum Gasteiger partial charge on any atom is -0.457 e. The molecule has 0 spiro atoms. The lowest BCUT2D eigenvalue weighted by atomic mass is 9.92. The van der Waals surface area contributed by atoms with Crippen molar-refractivity contribution in [3.8, 4) is 22.5 Å². The van der Waals surface area contributed by atoms with Crippen LogP contribution in [-0.4, -0.2) is 36.6 Å². The Balaban J connectivity index is 1.34. The Bertz CT molecular complexity index is 1700. The van der Waals surface area contributed by atoms with Gasteiger partial charge in [-0.2, -0.15) is 5.21 Å². The highest BCUT2D eigenvalue weighted by atomic mass is 32.1. The highest BCUT2D eigenvalue weighted by Gasteiger charge is 2.37. The van der Waals surface area contributed by atoms with E-state index in [4.69, 9.17) is 17.0 Å². The van der Waals surface area contributed by atoms with Crippen LogP contribution in [0.1, 0.15) is 29.7 Å². The molecule has 42 heavy (non-hydrogen) atoms. The van der Waals surface area contributed by atoms with E-state index in [1.165, 1.54) is 0 Å². The number of hydrogen-bond donors (Lipinski definition) is 2. The molecule has 8 nitrogen and oxygen atoms in total. The number of carbonyl (C=O) groups excluding carboxylic acids is 1. The second-order valence-electron chi connectivity index (χ2n) is 9.98. The number of aromatic nitrogens is 4. The van der Waals surface area contributed by atoms with Gasteiger partial charge in [0.05, 0.1) is 11.6 Å². The Morgan fingerprint density at radius 3 is 2.14 bits per heavy atom. The highest BCUT2D eigenvalue weighted by molar-refractivity contribution is 7.80. The first-order valence-electron chi connectivity index (χ1n) is 13.5. The molecule has 6 rings (SSSR count). The summed E-state index contributed by atoms with van der Waals surface area (Å²) in [5, 5.41) is 18.0. The predicted octanol–water partition coefficient (Wildman–Crippen LogP) is 5.98. The fourth-order valence-electron chi connectivity index (χ4n) is 5.08. The maximum atomic E-state index is 13.7. The van der Waals surface area contributed by atoms with Crippen LogP contribution in [0, 0.1) is 0 Å². The fraction of sp³-hybridized carbons (Fsp3) is 0.121. The second-order valence-corrected chi connectivity index (χ2v) is 10.4. The van der Waals surface area contributed by atoms with Crippen LogP contribution in [0.15, 0.2) is 120 Å². The predicted molar refractivity (Wildman–Crippen MR) is 164 cm³/mol. The van der Waals surface area contributed by atoms with Crippen LogP contribution in [0.4, 0.5) is 0 Å². The van der Waals surface area contributed by atoms with Crippen molar-refractivity contribution < 1.29 is 9.53 Å². The maximum absolute atomic E-state index is 13.7. The van der Waals surface area contributed by atoms with Crippen LogP contribution >= 0.6 is 12.2 Å². The number of rotatable bonds is 8. The standard InChI is InChI=1S/C33H28N6O2S/c1-22-29(32(40)41-21-24-8-4-2-5-9-24)30(27-18-16-26(17-19-27)25-10-6-3-7-11-25)39(33(42)34-22)20-23-12-14-28(15-13-23)31-35-37-38-36-31/h2-19,30H,20-21H2,1H3,(H,34,42)(H,35,36,37,38). The van der Waals surface area contributed by atoms with Crippen LogP contribution in [0.25, 0.3) is 22.5 Å². The molecule has 9 heteroatoms. The number of ether oxygens (including phenoxy) is 1. The summed E-state index contributed by atoms with van der Waals surface area (Å²) in [5.74, 6) is 0.135. The van der Waals surface area contributed by atoms with E-state index in [9.17, 15) is 4.79 Å². The van der Waals surface area contributed by atoms with Crippen molar-refractivity contribution >= 4 is 23.3 Å². The third-order valence-electron chi connectivity index (χ3n) is 7.22. The Morgan fingerprint density at radius 2 is 1.48 bits per heavy atom. The van der Waals surface area contributed by atoms with Crippen LogP contribution in [0.3, 0.4) is 0 Å². The van der Waals surface area contributed by atoms with Crippen LogP contribution in [0.5, 0.6) is 0 Å². The summed E-state index contributed by atoms with van der Waals surface area (Å²) in [6, 6.07) is 35.6. The number of hydrogen-bond acceptors (Lipinski definition) is 6. The van der Waals surface area contributed by atoms with E-state index in [-0.39, 0.29) is 12.6 Å². The van der Waals surface area contributed by atoms with Gasteiger partial charge in [0.25, 0.3) is 0 Å². The Morgan fingerprint density at radius 1 is 0.833 bits per heavy atom. The third kappa shape index (κ3) is 5.82. The average Bonchev–Trinajstić information content (AvgIpc) is 3.58. The number of H-pyrrole nitrogens is 1. The summed E-state index contributed by atoms with van der Waals surface area (Å²) in [7, 11) is 0. The van der Waals surface area contributed by atoms with E-state index < -0.39 is 6.04 Å². The SMILES string of the molecule is CC1=C(C(=O)OCc2ccccc2)C(c2ccc(-c3ccccc3)cc2)N(Cc2ccc(-c3nn[nH]n3)cc2)C(=S)N1. The van der Waals surface area contributed by atoms with Gasteiger partial charge >= 0.3 is 5.97 Å². The van der Waals surface area contributed by atoms with Gasteiger partial charge in [-0.3, -0.25) is 0 Å². The van der Waals surface area contributed by atoms with Crippen molar-refractivity contribution in [2.24, 2.45) is 0 Å². The zero-order valence-electron chi connectivity index (χ0n) is 22.9. The van der Waals surface area contributed by atoms with Gasteiger partial charge in [0, 0.05) is 17.8 Å². The van der Waals surface area contributed by atoms with Gasteiger partial charge in [-0.05, 0) is 52.2 Å². The quantitative estimate of drug-likeness (QED) is 0.173. The van der Waals surface area contributed by atoms with Gasteiger partial charge in [0.15, 0.2) is 5.11 Å². The van der Waals surface area contributed by atoms with Gasteiger partial charge < -0.3 is 15.0 Å². The minimum atomic E-state index is -0.455. The number of aromatic amines is 1. The molecule has 1 aliphatic heterocycles. The number of nitrogens with zero attached hydrogens (tertiary/aromatic N) is 4. The number of allylic oxidation sites excluding steroid dienone is 1. The molecule has 0 fully saturated rings. The summed E-state index contributed by atoms with van der Waals surface area (Å²) in [6.45, 7) is 2.51. The number of thiocarbonyl (C=S) groups is 1. The van der Waals surface area contributed by atoms with Gasteiger partial charge in [-0.1, -0.05) is 109 Å². The summed E-state index contributed by atoms with van der Waals surface area (Å²) in [6.07, 6.45) is 0. The summed E-state index contributed by atoms with van der Waals surface area (Å²) < 4.78 is 5.84. The first-order valence-corrected chi connectivity index (χ1v) is 14.0. The number of esters is 1. The summed E-state index contributed by atoms with van der Waals surface area (Å²) in [5.41, 5.74) is 7.13. The smallest absolute Gasteiger partial charge is 0.338 e. The molecule has 4 aromatic carbocycles. The molecule has 0 bridgehead atoms. The van der Waals surface area contributed by atoms with Gasteiger partial charge in [-0.25, -0.2) is 4.79 Å². The molecule has 0 saturated heterocycles. The zero-order valence-corrected chi connectivity index (χ0v) is 23.7. The molecule has 1 unspecified atom stereocenters. The molecule has 0 amide bonds. The van der Waals surface area contributed by atoms with Crippen molar-refractivity contribution in [1.29, 1.82) is 0 Å². The molecule has 2 N–H and O–H groups in total. The van der Waals surface area contributed by atoms with Crippen molar-refractivity contribution in [3.63, 3.8) is 0 Å². The molecule has 0 aliphatic carbocycles. The summed E-state index contributed by atoms with van der Waals surface area (Å²) in [4.78, 5) is 15.8. The zero-order chi connectivity index (χ0) is 28.9. The molecule has 2 heterocycles. The van der Waals surface area contributed by atoms with E-state index in [2.05, 4.69) is 62.3 Å². The molecule has 1 atom stereocenters. The number of benzene rings is 4. The molecule has 0 radical (unpaired) electrons. The largest absolute Gasteiger partial charge is 0.457 e. The molecule has 1 aliphatic rings. The number of nitrogens with one attached hydrogen (secondary N) is 2. The van der Waals surface area contributed by atoms with Crippen molar-refractivity contribution in [3.05, 3.63) is 137 Å². The van der Waals surface area contributed by atoms with Crippen LogP contribution in [0.2, 0.25) is 0 Å². The Kier molecular flexibility index (Phi) is 7.83. The van der Waals surface area contributed by atoms with Crippen molar-refractivity contribution in [1.82, 2.24) is 30.8 Å². The monoisotopic (exact) mass is 572 g/mol. The number of tetrazole rings is 1. The van der Waals surface area contributed by atoms with E-state index >= 15 is 0 Å². The van der Waals surface area contributed by atoms with Crippen LogP contribution in [-0.2, 0) is 22.7 Å². The van der Waals surface area contributed by atoms with Gasteiger partial charge in [-0.15, -0.1) is 10.2 Å². The normalized spacial score (nSPS) is 14.9. The van der Waals surface area contributed by atoms with E-state index in [0.717, 1.165) is 33.4 Å². The molecule has 208 valence electrons. The van der Waals surface area contributed by atoms with Crippen molar-refractivity contribution in [2.75, 3.05) is 0 Å². The highest BCUT2D eigenvalue weighted by Crippen LogP contribution is 2.37. The molecular weight excluding hydrogens is 544 g/mol. The lowest BCUT2D eigenvalue weighted by Crippen LogP contribution is -2.48. The molecule has 1 aromatic heterocycles. The maximum Gasteiger partial charge on any atom is 0.338 e. The molecule has 0 saturated carbocycles. The number of carbonyl (C=O) groups is 1. The topological polar surface area (TPSA) is 96.0 Å². The lowest BCUT2D eigenvalue weighted by molar-refractivity contribution is -0.141. The van der Waals surface area contributed by atoms with E-state index in [0.29, 0.717) is 28.8 Å². The van der Waals surface area contributed by atoms with Gasteiger partial charge in [0.1, 0.15) is 6.61 Å². The lowest BCUT2D eigenvalue weighted by Gasteiger charge is -2.40. The van der Waals surface area contributed by atoms with Crippen molar-refractivity contribution in [2.45, 2.75) is 26.1 Å². The van der Waals surface area contributed by atoms with Crippen LogP contribution < -0.4 is 5.32 Å². The average molecular weight is 573 g/mol. The molecule has 5 aromatic rings. The first kappa shape index (κ1) is 27.0. The summed E-state index contributed by atoms with van der Waals surface area (Å²) >= 11 is 5.85. The van der Waals surface area contributed by atoms with Gasteiger partial charge in [0.2, 0.25) is 5.82 Å². The Labute approximate surface area is 249 Å². The van der Waals surface area contributed by atoms with E-state index in [1.807, 2.05) is 84.6 Å². The minimum absolute atomic E-state index is 0.179. The first-order chi connectivity index (χ1) is 20.6. The second kappa shape index (κ2) is 12.2. The Hall–Kier alpha value is -5.15. The fourth-order valence-corrected chi connectivity index (χ4v) is 5.40. The molecular formula is C33H28N6O2S. The van der Waals surface area contributed by atoms with E-state index in [1.54, 1.807) is 0 Å².